The van der Waals surface area contributed by atoms with E-state index in [9.17, 15) is 9.59 Å². The number of piperidine rings is 1. The van der Waals surface area contributed by atoms with Crippen LogP contribution in [-0.4, -0.2) is 47.2 Å². The van der Waals surface area contributed by atoms with Gasteiger partial charge in [0.15, 0.2) is 0 Å². The highest BCUT2D eigenvalue weighted by Gasteiger charge is 2.35. The fraction of sp³-hybridized carbons (Fsp3) is 0.833. The van der Waals surface area contributed by atoms with Crippen LogP contribution in [-0.2, 0) is 14.3 Å². The van der Waals surface area contributed by atoms with Crippen LogP contribution in [0.2, 0.25) is 0 Å². The minimum atomic E-state index is -0.803. The molecule has 0 saturated carbocycles. The summed E-state index contributed by atoms with van der Waals surface area (Å²) >= 11 is 0. The lowest BCUT2D eigenvalue weighted by Gasteiger charge is -2.32. The zero-order chi connectivity index (χ0) is 12.4. The van der Waals surface area contributed by atoms with E-state index in [0.29, 0.717) is 19.5 Å². The fourth-order valence-corrected chi connectivity index (χ4v) is 2.57. The summed E-state index contributed by atoms with van der Waals surface area (Å²) in [5, 5.41) is 8.98. The maximum Gasteiger partial charge on any atom is 0.308 e. The number of aliphatic carboxylic acids is 1. The molecule has 0 unspecified atom stereocenters. The molecule has 0 aromatic carbocycles. The van der Waals surface area contributed by atoms with E-state index in [4.69, 9.17) is 9.84 Å². The van der Waals surface area contributed by atoms with E-state index in [1.165, 1.54) is 0 Å². The molecule has 5 nitrogen and oxygen atoms in total. The van der Waals surface area contributed by atoms with E-state index in [0.717, 1.165) is 19.3 Å². The van der Waals surface area contributed by atoms with Crippen LogP contribution in [0.25, 0.3) is 0 Å². The summed E-state index contributed by atoms with van der Waals surface area (Å²) < 4.78 is 5.53. The maximum atomic E-state index is 12.1. The van der Waals surface area contributed by atoms with Crippen LogP contribution in [0.3, 0.4) is 0 Å². The van der Waals surface area contributed by atoms with Crippen molar-refractivity contribution in [3.05, 3.63) is 0 Å². The van der Waals surface area contributed by atoms with Gasteiger partial charge in [0.2, 0.25) is 0 Å². The average Bonchev–Trinajstić information content (AvgIpc) is 2.75. The van der Waals surface area contributed by atoms with Gasteiger partial charge in [0.1, 0.15) is 6.10 Å². The Morgan fingerprint density at radius 1 is 1.29 bits per heavy atom. The molecule has 2 heterocycles. The van der Waals surface area contributed by atoms with Crippen molar-refractivity contribution in [1.82, 2.24) is 4.90 Å². The predicted octanol–water partition coefficient (Wildman–Crippen LogP) is 0.877. The Morgan fingerprint density at radius 2 is 2.06 bits per heavy atom. The number of rotatable bonds is 2. The molecule has 2 saturated heterocycles. The number of hydrogen-bond acceptors (Lipinski definition) is 3. The standard InChI is InChI=1S/C12H19NO4/c1-8-4-5-10(17-8)11(14)13-6-2-3-9(7-13)12(15)16/h8-10H,2-7H2,1H3,(H,15,16)/t8-,9+,10+/m1/s1. The highest BCUT2D eigenvalue weighted by atomic mass is 16.5. The van der Waals surface area contributed by atoms with Crippen LogP contribution in [0, 0.1) is 5.92 Å². The molecule has 3 atom stereocenters. The number of amides is 1. The lowest BCUT2D eigenvalue weighted by molar-refractivity contribution is -0.149. The van der Waals surface area contributed by atoms with Gasteiger partial charge in [0.05, 0.1) is 12.0 Å². The molecule has 0 spiro atoms. The van der Waals surface area contributed by atoms with E-state index in [1.54, 1.807) is 4.90 Å². The summed E-state index contributed by atoms with van der Waals surface area (Å²) in [6, 6.07) is 0. The number of carbonyl (C=O) groups excluding carboxylic acids is 1. The number of hydrogen-bond donors (Lipinski definition) is 1. The van der Waals surface area contributed by atoms with Crippen molar-refractivity contribution in [3.8, 4) is 0 Å². The van der Waals surface area contributed by atoms with E-state index in [-0.39, 0.29) is 18.1 Å². The first-order valence-electron chi connectivity index (χ1n) is 6.25. The monoisotopic (exact) mass is 241 g/mol. The van der Waals surface area contributed by atoms with Crippen molar-refractivity contribution in [2.75, 3.05) is 13.1 Å². The van der Waals surface area contributed by atoms with Crippen molar-refractivity contribution in [2.24, 2.45) is 5.92 Å². The van der Waals surface area contributed by atoms with Crippen LogP contribution < -0.4 is 0 Å². The molecule has 0 aromatic rings. The van der Waals surface area contributed by atoms with Gasteiger partial charge < -0.3 is 14.7 Å². The van der Waals surface area contributed by atoms with Gasteiger partial charge >= 0.3 is 5.97 Å². The SMILES string of the molecule is C[C@@H]1CC[C@@H](C(=O)N2CCC[C@H](C(=O)O)C2)O1. The summed E-state index contributed by atoms with van der Waals surface area (Å²) in [6.07, 6.45) is 2.90. The first kappa shape index (κ1) is 12.4. The van der Waals surface area contributed by atoms with Gasteiger partial charge in [0.25, 0.3) is 5.91 Å². The molecule has 1 amide bonds. The number of carbonyl (C=O) groups is 2. The molecular formula is C12H19NO4. The highest BCUT2D eigenvalue weighted by Crippen LogP contribution is 2.24. The summed E-state index contributed by atoms with van der Waals surface area (Å²) in [7, 11) is 0. The minimum absolute atomic E-state index is 0.0275. The predicted molar refractivity (Wildman–Crippen MR) is 60.5 cm³/mol. The second-order valence-electron chi connectivity index (χ2n) is 4.97. The van der Waals surface area contributed by atoms with Crippen LogP contribution in [0.1, 0.15) is 32.6 Å². The zero-order valence-corrected chi connectivity index (χ0v) is 10.1. The Labute approximate surface area is 101 Å². The van der Waals surface area contributed by atoms with E-state index < -0.39 is 11.9 Å². The third-order valence-corrected chi connectivity index (χ3v) is 3.59. The van der Waals surface area contributed by atoms with Gasteiger partial charge in [0, 0.05) is 13.1 Å². The molecule has 96 valence electrons. The van der Waals surface area contributed by atoms with Crippen LogP contribution in [0.15, 0.2) is 0 Å². The van der Waals surface area contributed by atoms with Gasteiger partial charge in [-0.25, -0.2) is 0 Å². The number of ether oxygens (including phenoxy) is 1. The minimum Gasteiger partial charge on any atom is -0.481 e. The maximum absolute atomic E-state index is 12.1. The quantitative estimate of drug-likeness (QED) is 0.779. The van der Waals surface area contributed by atoms with E-state index >= 15 is 0 Å². The molecule has 5 heteroatoms. The Balaban J connectivity index is 1.93. The Kier molecular flexibility index (Phi) is 3.66. The van der Waals surface area contributed by atoms with E-state index in [1.807, 2.05) is 6.92 Å². The first-order chi connectivity index (χ1) is 8.08. The summed E-state index contributed by atoms with van der Waals surface area (Å²) in [5.41, 5.74) is 0. The van der Waals surface area contributed by atoms with Gasteiger partial charge in [-0.1, -0.05) is 0 Å². The molecule has 17 heavy (non-hydrogen) atoms. The van der Waals surface area contributed by atoms with Crippen molar-refractivity contribution >= 4 is 11.9 Å². The molecule has 2 fully saturated rings. The van der Waals surface area contributed by atoms with Gasteiger partial charge in [-0.2, -0.15) is 0 Å². The smallest absolute Gasteiger partial charge is 0.308 e. The zero-order valence-electron chi connectivity index (χ0n) is 10.1. The molecule has 2 rings (SSSR count). The molecule has 0 radical (unpaired) electrons. The topological polar surface area (TPSA) is 66.8 Å². The Hall–Kier alpha value is -1.10. The van der Waals surface area contributed by atoms with Crippen molar-refractivity contribution in [1.29, 1.82) is 0 Å². The lowest BCUT2D eigenvalue weighted by atomic mass is 9.97. The Morgan fingerprint density at radius 3 is 2.65 bits per heavy atom. The number of likely N-dealkylation sites (tertiary alicyclic amines) is 1. The summed E-state index contributed by atoms with van der Waals surface area (Å²) in [6.45, 7) is 2.96. The molecule has 0 aromatic heterocycles. The second-order valence-corrected chi connectivity index (χ2v) is 4.97. The second kappa shape index (κ2) is 5.04. The highest BCUT2D eigenvalue weighted by molar-refractivity contribution is 5.82. The molecule has 1 N–H and O–H groups in total. The summed E-state index contributed by atoms with van der Waals surface area (Å²) in [5.74, 6) is -1.24. The number of carboxylic acids is 1. The van der Waals surface area contributed by atoms with Gasteiger partial charge in [-0.15, -0.1) is 0 Å². The van der Waals surface area contributed by atoms with Gasteiger partial charge in [-0.05, 0) is 32.6 Å². The fourth-order valence-electron chi connectivity index (χ4n) is 2.57. The molecule has 0 bridgehead atoms. The molecule has 2 aliphatic heterocycles. The van der Waals surface area contributed by atoms with Crippen molar-refractivity contribution in [2.45, 2.75) is 44.8 Å². The number of nitrogens with zero attached hydrogens (tertiary/aromatic N) is 1. The summed E-state index contributed by atoms with van der Waals surface area (Å²) in [4.78, 5) is 24.7. The number of carboxylic acid groups (broad SMARTS) is 1. The molecule has 0 aliphatic carbocycles. The molecule has 2 aliphatic rings. The third-order valence-electron chi connectivity index (χ3n) is 3.59. The van der Waals surface area contributed by atoms with Gasteiger partial charge in [-0.3, -0.25) is 9.59 Å². The third kappa shape index (κ3) is 2.77. The lowest BCUT2D eigenvalue weighted by Crippen LogP contribution is -2.46. The molecular weight excluding hydrogens is 222 g/mol. The van der Waals surface area contributed by atoms with Crippen LogP contribution in [0.5, 0.6) is 0 Å². The van der Waals surface area contributed by atoms with E-state index in [2.05, 4.69) is 0 Å². The Bertz CT molecular complexity index is 318. The van der Waals surface area contributed by atoms with Crippen LogP contribution in [0.4, 0.5) is 0 Å². The largest absolute Gasteiger partial charge is 0.481 e. The normalized spacial score (nSPS) is 33.7. The van der Waals surface area contributed by atoms with Crippen molar-refractivity contribution < 1.29 is 19.4 Å². The average molecular weight is 241 g/mol. The first-order valence-corrected chi connectivity index (χ1v) is 6.25. The van der Waals surface area contributed by atoms with Crippen LogP contribution >= 0.6 is 0 Å². The van der Waals surface area contributed by atoms with Crippen molar-refractivity contribution in [3.63, 3.8) is 0 Å².